The van der Waals surface area contributed by atoms with E-state index in [1.54, 1.807) is 30.0 Å². The smallest absolute Gasteiger partial charge is 0.416 e. The predicted octanol–water partition coefficient (Wildman–Crippen LogP) is 7.09. The molecule has 0 radical (unpaired) electrons. The molecule has 1 aliphatic heterocycles. The van der Waals surface area contributed by atoms with Crippen molar-refractivity contribution in [2.45, 2.75) is 109 Å². The number of likely N-dealkylation sites (N-methyl/N-ethyl adjacent to an activating group) is 1. The topological polar surface area (TPSA) is 103 Å². The largest absolute Gasteiger partial charge is 0.490 e. The summed E-state index contributed by atoms with van der Waals surface area (Å²) in [6.45, 7) is 7.17. The van der Waals surface area contributed by atoms with Gasteiger partial charge in [0, 0.05) is 43.9 Å². The van der Waals surface area contributed by atoms with Gasteiger partial charge in [0.2, 0.25) is 0 Å². The van der Waals surface area contributed by atoms with Gasteiger partial charge in [-0.05, 0) is 88.9 Å². The lowest BCUT2D eigenvalue weighted by atomic mass is 9.96. The number of carbonyl (C=O) groups is 2. The van der Waals surface area contributed by atoms with E-state index in [-0.39, 0.29) is 49.3 Å². The number of ether oxygens (including phenoxy) is 2. The van der Waals surface area contributed by atoms with Crippen molar-refractivity contribution in [1.82, 2.24) is 15.1 Å². The van der Waals surface area contributed by atoms with Crippen molar-refractivity contribution in [2.24, 2.45) is 5.92 Å². The molecule has 0 unspecified atom stereocenters. The normalized spacial score (nSPS) is 22.5. The maximum absolute atomic E-state index is 14.4. The highest BCUT2D eigenvalue weighted by Gasteiger charge is 2.32. The molecule has 1 aliphatic carbocycles. The average molecular weight is 691 g/mol. The number of nitrogens with zero attached hydrogens (tertiary/aromatic N) is 2. The summed E-state index contributed by atoms with van der Waals surface area (Å²) in [4.78, 5) is 30.9. The zero-order chi connectivity index (χ0) is 35.6. The molecule has 0 saturated heterocycles. The number of hydrogen-bond acceptors (Lipinski definition) is 6. The minimum absolute atomic E-state index is 0.128. The van der Waals surface area contributed by atoms with Crippen molar-refractivity contribution in [1.29, 1.82) is 0 Å². The molecule has 12 heteroatoms. The Labute approximate surface area is 288 Å². The van der Waals surface area contributed by atoms with Crippen molar-refractivity contribution in [3.8, 4) is 5.75 Å². The molecule has 272 valence electrons. The van der Waals surface area contributed by atoms with Crippen LogP contribution in [0.4, 0.5) is 23.7 Å². The fraction of sp³-hybridized carbons (Fsp3) is 0.622. The average Bonchev–Trinajstić information content (AvgIpc) is 3.06. The molecule has 9 nitrogen and oxygen atoms in total. The number of benzene rings is 2. The van der Waals surface area contributed by atoms with Crippen molar-refractivity contribution in [3.05, 3.63) is 59.2 Å². The van der Waals surface area contributed by atoms with Crippen molar-refractivity contribution >= 4 is 17.6 Å². The molecule has 1 saturated carbocycles. The molecule has 1 heterocycles. The van der Waals surface area contributed by atoms with E-state index in [1.165, 1.54) is 18.6 Å². The molecule has 49 heavy (non-hydrogen) atoms. The van der Waals surface area contributed by atoms with Crippen LogP contribution in [-0.4, -0.2) is 84.5 Å². The summed E-state index contributed by atoms with van der Waals surface area (Å²) < 4.78 is 51.9. The minimum atomic E-state index is -4.39. The van der Waals surface area contributed by atoms with E-state index in [4.69, 9.17) is 9.47 Å². The fourth-order valence-corrected chi connectivity index (χ4v) is 6.54. The number of halogens is 3. The first-order valence-corrected chi connectivity index (χ1v) is 17.6. The Morgan fingerprint density at radius 1 is 1.04 bits per heavy atom. The van der Waals surface area contributed by atoms with Gasteiger partial charge in [0.25, 0.3) is 5.91 Å². The van der Waals surface area contributed by atoms with E-state index < -0.39 is 17.8 Å². The van der Waals surface area contributed by atoms with E-state index in [0.717, 1.165) is 62.6 Å². The van der Waals surface area contributed by atoms with Crippen LogP contribution < -0.4 is 15.4 Å². The molecule has 0 spiro atoms. The van der Waals surface area contributed by atoms with Gasteiger partial charge in [-0.15, -0.1) is 0 Å². The summed E-state index contributed by atoms with van der Waals surface area (Å²) in [7, 11) is 1.90. The minimum Gasteiger partial charge on any atom is -0.490 e. The number of fused-ring (bicyclic) bond motifs is 1. The number of hydrogen-bond donors (Lipinski definition) is 3. The van der Waals surface area contributed by atoms with Crippen LogP contribution in [-0.2, 0) is 17.5 Å². The fourth-order valence-electron chi connectivity index (χ4n) is 6.54. The second kappa shape index (κ2) is 18.1. The van der Waals surface area contributed by atoms with Crippen LogP contribution >= 0.6 is 0 Å². The summed E-state index contributed by atoms with van der Waals surface area (Å²) in [6.07, 6.45) is 2.78. The van der Waals surface area contributed by atoms with Gasteiger partial charge in [-0.1, -0.05) is 38.3 Å². The molecule has 0 aromatic heterocycles. The van der Waals surface area contributed by atoms with Crippen molar-refractivity contribution in [2.75, 3.05) is 38.7 Å². The van der Waals surface area contributed by atoms with Gasteiger partial charge in [0.15, 0.2) is 0 Å². The Hall–Kier alpha value is -3.35. The third kappa shape index (κ3) is 11.6. The Balaban J connectivity index is 1.54. The molecular formula is C37H53F3N4O5. The summed E-state index contributed by atoms with van der Waals surface area (Å²) in [5.41, 5.74) is 0.825. The number of anilines is 1. The maximum Gasteiger partial charge on any atom is 0.416 e. The first-order chi connectivity index (χ1) is 23.3. The zero-order valence-electron chi connectivity index (χ0n) is 29.2. The molecule has 2 aliphatic rings. The molecule has 1 fully saturated rings. The van der Waals surface area contributed by atoms with Gasteiger partial charge in [0.1, 0.15) is 5.75 Å². The second-order valence-corrected chi connectivity index (χ2v) is 13.8. The monoisotopic (exact) mass is 690 g/mol. The summed E-state index contributed by atoms with van der Waals surface area (Å²) in [5.74, 6) is -0.0812. The highest BCUT2D eigenvalue weighted by molar-refractivity contribution is 5.99. The van der Waals surface area contributed by atoms with E-state index in [9.17, 15) is 27.9 Å². The van der Waals surface area contributed by atoms with Crippen LogP contribution in [0.2, 0.25) is 0 Å². The van der Waals surface area contributed by atoms with Crippen LogP contribution in [0, 0.1) is 5.92 Å². The van der Waals surface area contributed by atoms with Crippen LogP contribution in [0.1, 0.15) is 93.6 Å². The first kappa shape index (κ1) is 38.5. The van der Waals surface area contributed by atoms with Gasteiger partial charge in [-0.25, -0.2) is 4.79 Å². The Morgan fingerprint density at radius 2 is 1.73 bits per heavy atom. The Kier molecular flexibility index (Phi) is 14.2. The van der Waals surface area contributed by atoms with Crippen LogP contribution in [0.3, 0.4) is 0 Å². The molecule has 3 amide bonds. The van der Waals surface area contributed by atoms with Crippen molar-refractivity contribution < 1.29 is 37.3 Å². The molecule has 4 rings (SSSR count). The van der Waals surface area contributed by atoms with Gasteiger partial charge < -0.3 is 30.1 Å². The number of nitrogens with one attached hydrogen (secondary N) is 2. The summed E-state index contributed by atoms with van der Waals surface area (Å²) in [5, 5.41) is 16.2. The molecule has 4 atom stereocenters. The van der Waals surface area contributed by atoms with Gasteiger partial charge in [-0.3, -0.25) is 9.69 Å². The highest BCUT2D eigenvalue weighted by atomic mass is 19.4. The quantitative estimate of drug-likeness (QED) is 0.274. The van der Waals surface area contributed by atoms with Gasteiger partial charge in [-0.2, -0.15) is 13.2 Å². The van der Waals surface area contributed by atoms with E-state index in [1.807, 2.05) is 25.8 Å². The van der Waals surface area contributed by atoms with Crippen LogP contribution in [0.15, 0.2) is 42.5 Å². The SMILES string of the molecule is C[C@@H]1CN([C@H](C)CO)C(=O)c2cc(NC(=O)NC3CCCCC3)ccc2O[C@@H](C)CCCCO[C@H]1CN(C)Cc1ccc(C(F)(F)F)cc1. The van der Waals surface area contributed by atoms with E-state index in [0.29, 0.717) is 36.7 Å². The third-order valence-corrected chi connectivity index (χ3v) is 9.48. The molecular weight excluding hydrogens is 637 g/mol. The third-order valence-electron chi connectivity index (χ3n) is 9.48. The maximum atomic E-state index is 14.4. The second-order valence-electron chi connectivity index (χ2n) is 13.8. The van der Waals surface area contributed by atoms with Crippen LogP contribution in [0.5, 0.6) is 5.75 Å². The summed E-state index contributed by atoms with van der Waals surface area (Å²) in [6, 6.07) is 9.56. The zero-order valence-corrected chi connectivity index (χ0v) is 29.2. The first-order valence-electron chi connectivity index (χ1n) is 17.6. The van der Waals surface area contributed by atoms with Gasteiger partial charge >= 0.3 is 12.2 Å². The number of rotatable bonds is 8. The van der Waals surface area contributed by atoms with E-state index >= 15 is 0 Å². The number of amides is 3. The summed E-state index contributed by atoms with van der Waals surface area (Å²) >= 11 is 0. The molecule has 0 bridgehead atoms. The number of carbonyl (C=O) groups excluding carboxylic acids is 2. The predicted molar refractivity (Wildman–Crippen MR) is 184 cm³/mol. The molecule has 2 aromatic rings. The number of aliphatic hydroxyl groups is 1. The Morgan fingerprint density at radius 3 is 2.41 bits per heavy atom. The number of urea groups is 1. The Bertz CT molecular complexity index is 1350. The molecule has 3 N–H and O–H groups in total. The lowest BCUT2D eigenvalue weighted by molar-refractivity contribution is -0.137. The van der Waals surface area contributed by atoms with Gasteiger partial charge in [0.05, 0.1) is 36.0 Å². The van der Waals surface area contributed by atoms with E-state index in [2.05, 4.69) is 10.6 Å². The lowest BCUT2D eigenvalue weighted by Crippen LogP contribution is -2.47. The standard InChI is InChI=1S/C37H53F3N4O5/c1-25-21-44(26(2)24-45)35(46)32-20-31(42-36(47)41-30-11-6-5-7-12-30)17-18-33(32)49-27(3)10-8-9-19-48-34(25)23-43(4)22-28-13-15-29(16-14-28)37(38,39)40/h13-18,20,25-27,30,34,45H,5-12,19,21-24H2,1-4H3,(H2,41,42,47)/t25-,26-,27+,34+/m1/s1. The highest BCUT2D eigenvalue weighted by Crippen LogP contribution is 2.30. The lowest BCUT2D eigenvalue weighted by Gasteiger charge is -2.36. The molecule has 2 aromatic carbocycles. The number of aliphatic hydroxyl groups excluding tert-OH is 1. The van der Waals surface area contributed by atoms with Crippen LogP contribution in [0.25, 0.3) is 0 Å². The van der Waals surface area contributed by atoms with Crippen molar-refractivity contribution in [3.63, 3.8) is 0 Å². The number of alkyl halides is 3.